The number of rotatable bonds is 8. The third kappa shape index (κ3) is 4.81. The molecule has 0 radical (unpaired) electrons. The Morgan fingerprint density at radius 3 is 2.52 bits per heavy atom. The molecule has 7 nitrogen and oxygen atoms in total. The van der Waals surface area contributed by atoms with E-state index in [1.165, 1.54) is 39.3 Å². The van der Waals surface area contributed by atoms with E-state index in [4.69, 9.17) is 26.2 Å². The van der Waals surface area contributed by atoms with E-state index in [1.54, 1.807) is 6.92 Å². The molecule has 0 bridgehead atoms. The highest BCUT2D eigenvalue weighted by Gasteiger charge is 2.32. The molecule has 1 aromatic rings. The Hall–Kier alpha value is -1.35. The van der Waals surface area contributed by atoms with E-state index in [0.717, 1.165) is 4.31 Å². The molecule has 0 aromatic heterocycles. The van der Waals surface area contributed by atoms with Crippen molar-refractivity contribution in [3.05, 3.63) is 23.2 Å². The lowest BCUT2D eigenvalue weighted by Crippen LogP contribution is -2.40. The number of methoxy groups -OCH3 is 1. The number of likely N-dealkylation sites (N-methyl/N-ethyl adjacent to an activating group) is 1. The number of benzene rings is 1. The fourth-order valence-corrected chi connectivity index (χ4v) is 3.48. The summed E-state index contributed by atoms with van der Waals surface area (Å²) >= 11 is 5.89. The van der Waals surface area contributed by atoms with Gasteiger partial charge in [0.15, 0.2) is 0 Å². The molecule has 2 atom stereocenters. The largest absolute Gasteiger partial charge is 0.487 e. The summed E-state index contributed by atoms with van der Waals surface area (Å²) in [5.41, 5.74) is 0. The Labute approximate surface area is 140 Å². The zero-order valence-electron chi connectivity index (χ0n) is 13.3. The van der Waals surface area contributed by atoms with Gasteiger partial charge in [0, 0.05) is 19.2 Å². The van der Waals surface area contributed by atoms with Crippen molar-refractivity contribution in [2.24, 2.45) is 0 Å². The third-order valence-electron chi connectivity index (χ3n) is 3.20. The van der Waals surface area contributed by atoms with Gasteiger partial charge in [-0.15, -0.1) is 0 Å². The molecule has 23 heavy (non-hydrogen) atoms. The van der Waals surface area contributed by atoms with Crippen molar-refractivity contribution in [2.45, 2.75) is 30.9 Å². The molecular weight excluding hydrogens is 346 g/mol. The SMILES string of the molecule is COCC(C)Oc1ccc(Cl)cc1S(=O)(=O)N(C)C(C)C(=O)O. The van der Waals surface area contributed by atoms with Gasteiger partial charge in [-0.25, -0.2) is 8.42 Å². The Kier molecular flexibility index (Phi) is 6.82. The maximum absolute atomic E-state index is 12.7. The summed E-state index contributed by atoms with van der Waals surface area (Å²) in [7, 11) is -1.40. The molecule has 9 heteroatoms. The third-order valence-corrected chi connectivity index (χ3v) is 5.38. The van der Waals surface area contributed by atoms with Crippen LogP contribution < -0.4 is 4.74 Å². The van der Waals surface area contributed by atoms with E-state index in [-0.39, 0.29) is 22.3 Å². The highest BCUT2D eigenvalue weighted by atomic mass is 35.5. The molecule has 0 spiro atoms. The van der Waals surface area contributed by atoms with Crippen molar-refractivity contribution in [1.29, 1.82) is 0 Å². The van der Waals surface area contributed by atoms with Crippen LogP contribution in [0, 0.1) is 0 Å². The van der Waals surface area contributed by atoms with Crippen LogP contribution in [-0.2, 0) is 19.6 Å². The molecule has 0 aliphatic carbocycles. The summed E-state index contributed by atoms with van der Waals surface area (Å²) in [6, 6.07) is 2.93. The second-order valence-corrected chi connectivity index (χ2v) is 7.41. The normalized spacial score (nSPS) is 14.5. The molecule has 1 N–H and O–H groups in total. The van der Waals surface area contributed by atoms with Crippen molar-refractivity contribution < 1.29 is 27.8 Å². The van der Waals surface area contributed by atoms with Gasteiger partial charge in [0.05, 0.1) is 6.61 Å². The lowest BCUT2D eigenvalue weighted by atomic mass is 10.3. The minimum atomic E-state index is -4.09. The lowest BCUT2D eigenvalue weighted by Gasteiger charge is -2.23. The molecule has 0 heterocycles. The van der Waals surface area contributed by atoms with Crippen LogP contribution in [0.15, 0.2) is 23.1 Å². The standard InChI is InChI=1S/C14H20ClNO6S/c1-9(8-21-4)22-12-6-5-11(15)7-13(12)23(19,20)16(3)10(2)14(17)18/h5-7,9-10H,8H2,1-4H3,(H,17,18). The molecule has 0 fully saturated rings. The average molecular weight is 366 g/mol. The number of sulfonamides is 1. The van der Waals surface area contributed by atoms with E-state index >= 15 is 0 Å². The van der Waals surface area contributed by atoms with Crippen molar-refractivity contribution in [3.8, 4) is 5.75 Å². The summed E-state index contributed by atoms with van der Waals surface area (Å²) < 4.78 is 36.7. The van der Waals surface area contributed by atoms with E-state index in [2.05, 4.69) is 0 Å². The predicted molar refractivity (Wildman–Crippen MR) is 85.5 cm³/mol. The summed E-state index contributed by atoms with van der Waals surface area (Å²) in [6.07, 6.45) is -0.391. The molecule has 0 saturated heterocycles. The number of aliphatic carboxylic acids is 1. The van der Waals surface area contributed by atoms with Gasteiger partial charge in [-0.2, -0.15) is 4.31 Å². The highest BCUT2D eigenvalue weighted by molar-refractivity contribution is 7.89. The minimum Gasteiger partial charge on any atom is -0.487 e. The summed E-state index contributed by atoms with van der Waals surface area (Å²) in [5.74, 6) is -1.17. The summed E-state index contributed by atoms with van der Waals surface area (Å²) in [6.45, 7) is 3.26. The Morgan fingerprint density at radius 1 is 1.39 bits per heavy atom. The van der Waals surface area contributed by atoms with Gasteiger partial charge in [0.2, 0.25) is 10.0 Å². The van der Waals surface area contributed by atoms with Crippen molar-refractivity contribution in [3.63, 3.8) is 0 Å². The lowest BCUT2D eigenvalue weighted by molar-refractivity contribution is -0.140. The zero-order chi connectivity index (χ0) is 17.8. The maximum Gasteiger partial charge on any atom is 0.321 e. The van der Waals surface area contributed by atoms with Gasteiger partial charge < -0.3 is 14.6 Å². The molecular formula is C14H20ClNO6S. The minimum absolute atomic E-state index is 0.0865. The first kappa shape index (κ1) is 19.7. The average Bonchev–Trinajstić information content (AvgIpc) is 2.47. The van der Waals surface area contributed by atoms with Crippen LogP contribution >= 0.6 is 11.6 Å². The number of carboxylic acid groups (broad SMARTS) is 1. The number of ether oxygens (including phenoxy) is 2. The molecule has 0 amide bonds. The van der Waals surface area contributed by atoms with E-state index in [9.17, 15) is 13.2 Å². The van der Waals surface area contributed by atoms with Crippen LogP contribution in [-0.4, -0.2) is 56.7 Å². The highest BCUT2D eigenvalue weighted by Crippen LogP contribution is 2.31. The van der Waals surface area contributed by atoms with Gasteiger partial charge in [-0.3, -0.25) is 4.79 Å². The van der Waals surface area contributed by atoms with Gasteiger partial charge in [0.1, 0.15) is 22.8 Å². The van der Waals surface area contributed by atoms with Gasteiger partial charge in [0.25, 0.3) is 0 Å². The van der Waals surface area contributed by atoms with Crippen LogP contribution in [0.3, 0.4) is 0 Å². The number of nitrogens with zero attached hydrogens (tertiary/aromatic N) is 1. The van der Waals surface area contributed by atoms with Crippen LogP contribution in [0.1, 0.15) is 13.8 Å². The summed E-state index contributed by atoms with van der Waals surface area (Å²) in [4.78, 5) is 10.9. The van der Waals surface area contributed by atoms with E-state index < -0.39 is 28.1 Å². The fraction of sp³-hybridized carbons (Fsp3) is 0.500. The number of carboxylic acids is 1. The number of hydrogen-bond acceptors (Lipinski definition) is 5. The van der Waals surface area contributed by atoms with E-state index in [1.807, 2.05) is 0 Å². The molecule has 1 rings (SSSR count). The molecule has 130 valence electrons. The van der Waals surface area contributed by atoms with Crippen LogP contribution in [0.5, 0.6) is 5.75 Å². The smallest absolute Gasteiger partial charge is 0.321 e. The van der Waals surface area contributed by atoms with Crippen molar-refractivity contribution in [1.82, 2.24) is 4.31 Å². The van der Waals surface area contributed by atoms with Crippen LogP contribution in [0.4, 0.5) is 0 Å². The number of hydrogen-bond donors (Lipinski definition) is 1. The van der Waals surface area contributed by atoms with Gasteiger partial charge >= 0.3 is 5.97 Å². The first-order valence-corrected chi connectivity index (χ1v) is 8.59. The Balaban J connectivity index is 3.28. The second-order valence-electron chi connectivity index (χ2n) is 5.01. The van der Waals surface area contributed by atoms with Crippen LogP contribution in [0.2, 0.25) is 5.02 Å². The van der Waals surface area contributed by atoms with Gasteiger partial charge in [-0.1, -0.05) is 11.6 Å². The second kappa shape index (κ2) is 7.96. The first-order chi connectivity index (χ1) is 10.6. The Bertz CT molecular complexity index is 663. The zero-order valence-corrected chi connectivity index (χ0v) is 14.9. The quantitative estimate of drug-likeness (QED) is 0.755. The first-order valence-electron chi connectivity index (χ1n) is 6.77. The Morgan fingerprint density at radius 2 is 2.00 bits per heavy atom. The molecule has 0 aliphatic heterocycles. The van der Waals surface area contributed by atoms with Crippen molar-refractivity contribution >= 4 is 27.6 Å². The van der Waals surface area contributed by atoms with Gasteiger partial charge in [-0.05, 0) is 32.0 Å². The molecule has 0 saturated carbocycles. The number of halogens is 1. The monoisotopic (exact) mass is 365 g/mol. The molecule has 0 aliphatic rings. The molecule has 2 unspecified atom stereocenters. The van der Waals surface area contributed by atoms with Crippen LogP contribution in [0.25, 0.3) is 0 Å². The number of carbonyl (C=O) groups is 1. The maximum atomic E-state index is 12.7. The van der Waals surface area contributed by atoms with Crippen molar-refractivity contribution in [2.75, 3.05) is 20.8 Å². The molecule has 1 aromatic carbocycles. The summed E-state index contributed by atoms with van der Waals surface area (Å²) in [5, 5.41) is 9.22. The fourth-order valence-electron chi connectivity index (χ4n) is 1.79. The topological polar surface area (TPSA) is 93.1 Å². The van der Waals surface area contributed by atoms with E-state index in [0.29, 0.717) is 0 Å². The predicted octanol–water partition coefficient (Wildman–Crippen LogP) is 1.85.